The molecule has 0 saturated carbocycles. The van der Waals surface area contributed by atoms with Gasteiger partial charge >= 0.3 is 0 Å². The molecule has 1 atom stereocenters. The van der Waals surface area contributed by atoms with E-state index in [1.807, 2.05) is 43.3 Å². The molecule has 0 unspecified atom stereocenters. The van der Waals surface area contributed by atoms with Gasteiger partial charge in [-0.25, -0.2) is 13.1 Å². The quantitative estimate of drug-likeness (QED) is 0.760. The van der Waals surface area contributed by atoms with E-state index in [-0.39, 0.29) is 17.2 Å². The van der Waals surface area contributed by atoms with Gasteiger partial charge in [0.1, 0.15) is 0 Å². The lowest BCUT2D eigenvalue weighted by molar-refractivity contribution is 0.565. The summed E-state index contributed by atoms with van der Waals surface area (Å²) in [6, 6.07) is 15.2. The van der Waals surface area contributed by atoms with Crippen LogP contribution in [0.25, 0.3) is 0 Å². The highest BCUT2D eigenvalue weighted by molar-refractivity contribution is 9.10. The van der Waals surface area contributed by atoms with Crippen molar-refractivity contribution in [3.8, 4) is 0 Å². The van der Waals surface area contributed by atoms with Crippen molar-refractivity contribution in [1.29, 1.82) is 0 Å². The second-order valence-corrected chi connectivity index (χ2v) is 9.77. The molecule has 0 saturated heterocycles. The number of rotatable bonds is 5. The fourth-order valence-corrected chi connectivity index (χ4v) is 4.10. The van der Waals surface area contributed by atoms with Crippen molar-refractivity contribution in [3.05, 3.63) is 69.7 Å². The van der Waals surface area contributed by atoms with Crippen molar-refractivity contribution >= 4 is 26.0 Å². The first-order chi connectivity index (χ1) is 11.1. The largest absolute Gasteiger partial charge is 0.216 e. The summed E-state index contributed by atoms with van der Waals surface area (Å²) in [7, 11) is -3.40. The summed E-state index contributed by atoms with van der Waals surface area (Å²) in [5.74, 6) is -0.0231. The number of sulfonamides is 1. The van der Waals surface area contributed by atoms with Gasteiger partial charge in [-0.2, -0.15) is 0 Å². The summed E-state index contributed by atoms with van der Waals surface area (Å²) < 4.78 is 28.4. The fraction of sp³-hybridized carbons (Fsp3) is 0.368. The summed E-state index contributed by atoms with van der Waals surface area (Å²) in [6.07, 6.45) is 0. The first-order valence-electron chi connectivity index (χ1n) is 7.92. The zero-order valence-corrected chi connectivity index (χ0v) is 16.9. The Morgan fingerprint density at radius 2 is 1.54 bits per heavy atom. The summed E-state index contributed by atoms with van der Waals surface area (Å²) in [5.41, 5.74) is 3.04. The summed E-state index contributed by atoms with van der Waals surface area (Å²) in [4.78, 5) is 0. The van der Waals surface area contributed by atoms with Crippen molar-refractivity contribution < 1.29 is 8.42 Å². The highest BCUT2D eigenvalue weighted by Gasteiger charge is 2.18. The van der Waals surface area contributed by atoms with E-state index in [0.29, 0.717) is 0 Å². The minimum absolute atomic E-state index is 0.0231. The standard InChI is InChI=1S/C19H24BrNO2S/c1-14(16-7-9-17(10-8-16)19(2,3)4)21-24(22,23)13-15-5-11-18(20)12-6-15/h5-12,14,21H,13H2,1-4H3/t14-/m1/s1. The number of nitrogens with one attached hydrogen (secondary N) is 1. The molecule has 0 fully saturated rings. The Kier molecular flexibility index (Phi) is 5.89. The molecule has 0 bridgehead atoms. The molecule has 2 aromatic rings. The van der Waals surface area contributed by atoms with Crippen LogP contribution in [-0.2, 0) is 21.2 Å². The van der Waals surface area contributed by atoms with Gasteiger partial charge in [-0.1, -0.05) is 73.1 Å². The third-order valence-electron chi connectivity index (χ3n) is 3.90. The van der Waals surface area contributed by atoms with E-state index in [2.05, 4.69) is 53.6 Å². The van der Waals surface area contributed by atoms with E-state index in [1.165, 1.54) is 5.56 Å². The molecule has 0 aliphatic heterocycles. The zero-order valence-electron chi connectivity index (χ0n) is 14.5. The molecule has 0 aliphatic carbocycles. The van der Waals surface area contributed by atoms with E-state index in [9.17, 15) is 8.42 Å². The Bertz CT molecular complexity index is 776. The van der Waals surface area contributed by atoms with Crippen LogP contribution in [0.1, 0.15) is 50.4 Å². The smallest absolute Gasteiger partial charge is 0.212 e. The molecular weight excluding hydrogens is 386 g/mol. The Morgan fingerprint density at radius 3 is 2.04 bits per heavy atom. The molecule has 5 heteroatoms. The van der Waals surface area contributed by atoms with Crippen LogP contribution in [0.2, 0.25) is 0 Å². The van der Waals surface area contributed by atoms with Crippen molar-refractivity contribution in [1.82, 2.24) is 4.72 Å². The molecule has 0 heterocycles. The Labute approximate surface area is 153 Å². The SMILES string of the molecule is C[C@@H](NS(=O)(=O)Cc1ccc(Br)cc1)c1ccc(C(C)(C)C)cc1. The van der Waals surface area contributed by atoms with E-state index in [0.717, 1.165) is 15.6 Å². The van der Waals surface area contributed by atoms with Crippen molar-refractivity contribution in [3.63, 3.8) is 0 Å². The third-order valence-corrected chi connectivity index (χ3v) is 5.86. The minimum atomic E-state index is -3.40. The number of hydrogen-bond acceptors (Lipinski definition) is 2. The predicted octanol–water partition coefficient (Wildman–Crippen LogP) is 4.93. The molecule has 0 aromatic heterocycles. The zero-order chi connectivity index (χ0) is 18.0. The van der Waals surface area contributed by atoms with Gasteiger partial charge in [-0.15, -0.1) is 0 Å². The van der Waals surface area contributed by atoms with Gasteiger partial charge in [0.25, 0.3) is 0 Å². The van der Waals surface area contributed by atoms with Gasteiger partial charge < -0.3 is 0 Å². The van der Waals surface area contributed by atoms with E-state index < -0.39 is 10.0 Å². The summed E-state index contributed by atoms with van der Waals surface area (Å²) >= 11 is 3.35. The lowest BCUT2D eigenvalue weighted by Gasteiger charge is -2.20. The monoisotopic (exact) mass is 409 g/mol. The van der Waals surface area contributed by atoms with Gasteiger partial charge in [-0.05, 0) is 41.2 Å². The van der Waals surface area contributed by atoms with Crippen LogP contribution in [-0.4, -0.2) is 8.42 Å². The van der Waals surface area contributed by atoms with E-state index in [1.54, 1.807) is 0 Å². The van der Waals surface area contributed by atoms with Crippen LogP contribution >= 0.6 is 15.9 Å². The second-order valence-electron chi connectivity index (χ2n) is 7.10. The fourth-order valence-electron chi connectivity index (χ4n) is 2.45. The average molecular weight is 410 g/mol. The predicted molar refractivity (Wildman–Crippen MR) is 103 cm³/mol. The topological polar surface area (TPSA) is 46.2 Å². The van der Waals surface area contributed by atoms with Gasteiger partial charge in [0.15, 0.2) is 0 Å². The van der Waals surface area contributed by atoms with E-state index in [4.69, 9.17) is 0 Å². The maximum atomic E-state index is 12.4. The second kappa shape index (κ2) is 7.38. The van der Waals surface area contributed by atoms with Gasteiger partial charge in [0.05, 0.1) is 5.75 Å². The molecule has 0 spiro atoms. The van der Waals surface area contributed by atoms with Crippen molar-refractivity contribution in [2.24, 2.45) is 0 Å². The lowest BCUT2D eigenvalue weighted by Crippen LogP contribution is -2.28. The number of hydrogen-bond donors (Lipinski definition) is 1. The van der Waals surface area contributed by atoms with Gasteiger partial charge in [0.2, 0.25) is 10.0 Å². The number of benzene rings is 2. The van der Waals surface area contributed by atoms with Crippen LogP contribution in [0, 0.1) is 0 Å². The molecule has 2 rings (SSSR count). The first kappa shape index (κ1) is 19.2. The minimum Gasteiger partial charge on any atom is -0.212 e. The molecule has 3 nitrogen and oxygen atoms in total. The third kappa shape index (κ3) is 5.43. The molecule has 1 N–H and O–H groups in total. The Balaban J connectivity index is 2.07. The Hall–Kier alpha value is -1.17. The average Bonchev–Trinajstić information content (AvgIpc) is 2.48. The van der Waals surface area contributed by atoms with Crippen LogP contribution in [0.3, 0.4) is 0 Å². The maximum Gasteiger partial charge on any atom is 0.216 e. The Morgan fingerprint density at radius 1 is 1.00 bits per heavy atom. The molecule has 2 aromatic carbocycles. The molecule has 0 radical (unpaired) electrons. The first-order valence-corrected chi connectivity index (χ1v) is 10.4. The van der Waals surface area contributed by atoms with E-state index >= 15 is 0 Å². The maximum absolute atomic E-state index is 12.4. The molecule has 130 valence electrons. The summed E-state index contributed by atoms with van der Waals surface area (Å²) in [6.45, 7) is 8.34. The van der Waals surface area contributed by atoms with Gasteiger partial charge in [-0.3, -0.25) is 0 Å². The normalized spacial score (nSPS) is 13.7. The lowest BCUT2D eigenvalue weighted by atomic mass is 9.86. The van der Waals surface area contributed by atoms with Crippen LogP contribution in [0.4, 0.5) is 0 Å². The molecule has 0 amide bonds. The molecule has 24 heavy (non-hydrogen) atoms. The summed E-state index contributed by atoms with van der Waals surface area (Å²) in [5, 5.41) is 0. The van der Waals surface area contributed by atoms with Gasteiger partial charge in [0, 0.05) is 10.5 Å². The van der Waals surface area contributed by atoms with Crippen LogP contribution < -0.4 is 4.72 Å². The highest BCUT2D eigenvalue weighted by atomic mass is 79.9. The number of halogens is 1. The highest BCUT2D eigenvalue weighted by Crippen LogP contribution is 2.24. The van der Waals surface area contributed by atoms with Crippen LogP contribution in [0.5, 0.6) is 0 Å². The molecular formula is C19H24BrNO2S. The molecule has 0 aliphatic rings. The van der Waals surface area contributed by atoms with Crippen molar-refractivity contribution in [2.75, 3.05) is 0 Å². The van der Waals surface area contributed by atoms with Crippen LogP contribution in [0.15, 0.2) is 53.0 Å². The van der Waals surface area contributed by atoms with Crippen molar-refractivity contribution in [2.45, 2.75) is 44.9 Å².